The van der Waals surface area contributed by atoms with Crippen LogP contribution < -0.4 is 0 Å². The zero-order valence-electron chi connectivity index (χ0n) is 9.65. The number of aryl methyl sites for hydroxylation is 1. The van der Waals surface area contributed by atoms with Crippen molar-refractivity contribution in [2.75, 3.05) is 0 Å². The maximum Gasteiger partial charge on any atom is 0.311 e. The molecule has 0 atom stereocenters. The van der Waals surface area contributed by atoms with Gasteiger partial charge in [0.25, 0.3) is 0 Å². The molecule has 1 aromatic rings. The van der Waals surface area contributed by atoms with E-state index in [1.165, 1.54) is 19.3 Å². The molecule has 1 aliphatic carbocycles. The van der Waals surface area contributed by atoms with Gasteiger partial charge in [0.15, 0.2) is 0 Å². The molecule has 1 aliphatic rings. The van der Waals surface area contributed by atoms with Crippen LogP contribution in [-0.4, -0.2) is 20.6 Å². The third-order valence-corrected chi connectivity index (χ3v) is 3.31. The Hall–Kier alpha value is -1.32. The summed E-state index contributed by atoms with van der Waals surface area (Å²) in [5.41, 5.74) is 1.09. The molecule has 1 fully saturated rings. The van der Waals surface area contributed by atoms with Gasteiger partial charge in [-0.15, -0.1) is 0 Å². The Balaban J connectivity index is 2.23. The van der Waals surface area contributed by atoms with E-state index in [4.69, 9.17) is 5.11 Å². The van der Waals surface area contributed by atoms with Crippen LogP contribution in [0.3, 0.4) is 0 Å². The molecule has 16 heavy (non-hydrogen) atoms. The fourth-order valence-corrected chi connectivity index (χ4v) is 2.60. The van der Waals surface area contributed by atoms with Crippen LogP contribution in [0.25, 0.3) is 0 Å². The van der Waals surface area contributed by atoms with Gasteiger partial charge >= 0.3 is 5.97 Å². The van der Waals surface area contributed by atoms with Gasteiger partial charge in [0.05, 0.1) is 0 Å². The topological polar surface area (TPSA) is 55.1 Å². The van der Waals surface area contributed by atoms with Crippen LogP contribution in [0.5, 0.6) is 0 Å². The predicted molar refractivity (Wildman–Crippen MR) is 60.4 cm³/mol. The zero-order chi connectivity index (χ0) is 11.5. The summed E-state index contributed by atoms with van der Waals surface area (Å²) in [4.78, 5) is 15.0. The standard InChI is InChI=1S/C12H18N2O2/c1-9-8-13-11(7-12(15)16)14(9)10-5-3-2-4-6-10/h8,10H,2-7H2,1H3,(H,15,16). The summed E-state index contributed by atoms with van der Waals surface area (Å²) in [5, 5.41) is 8.85. The molecule has 0 amide bonds. The number of nitrogens with zero attached hydrogens (tertiary/aromatic N) is 2. The Bertz CT molecular complexity index is 378. The number of hydrogen-bond acceptors (Lipinski definition) is 2. The molecule has 0 aromatic carbocycles. The highest BCUT2D eigenvalue weighted by atomic mass is 16.4. The molecule has 4 heteroatoms. The van der Waals surface area contributed by atoms with E-state index in [0.29, 0.717) is 11.9 Å². The van der Waals surface area contributed by atoms with Crippen molar-refractivity contribution in [3.63, 3.8) is 0 Å². The Morgan fingerprint density at radius 2 is 2.19 bits per heavy atom. The molecule has 0 saturated heterocycles. The first kappa shape index (κ1) is 11.2. The van der Waals surface area contributed by atoms with E-state index in [1.54, 1.807) is 6.20 Å². The van der Waals surface area contributed by atoms with E-state index in [0.717, 1.165) is 18.5 Å². The molecule has 0 aliphatic heterocycles. The van der Waals surface area contributed by atoms with E-state index < -0.39 is 5.97 Å². The summed E-state index contributed by atoms with van der Waals surface area (Å²) in [7, 11) is 0. The lowest BCUT2D eigenvalue weighted by Crippen LogP contribution is -2.18. The number of rotatable bonds is 3. The van der Waals surface area contributed by atoms with E-state index >= 15 is 0 Å². The van der Waals surface area contributed by atoms with Crippen LogP contribution in [0.2, 0.25) is 0 Å². The second kappa shape index (κ2) is 4.68. The van der Waals surface area contributed by atoms with Gasteiger partial charge in [-0.05, 0) is 19.8 Å². The summed E-state index contributed by atoms with van der Waals surface area (Å²) in [6.07, 6.45) is 7.92. The van der Waals surface area contributed by atoms with Crippen molar-refractivity contribution >= 4 is 5.97 Å². The molecule has 88 valence electrons. The number of carbonyl (C=O) groups is 1. The van der Waals surface area contributed by atoms with Crippen molar-refractivity contribution in [3.05, 3.63) is 17.7 Å². The third kappa shape index (κ3) is 2.26. The Morgan fingerprint density at radius 1 is 1.50 bits per heavy atom. The minimum absolute atomic E-state index is 0.0321. The van der Waals surface area contributed by atoms with E-state index in [2.05, 4.69) is 9.55 Å². The van der Waals surface area contributed by atoms with E-state index in [-0.39, 0.29) is 6.42 Å². The van der Waals surface area contributed by atoms with Crippen molar-refractivity contribution in [2.24, 2.45) is 0 Å². The summed E-state index contributed by atoms with van der Waals surface area (Å²) in [5.74, 6) is -0.0976. The fraction of sp³-hybridized carbons (Fsp3) is 0.667. The smallest absolute Gasteiger partial charge is 0.311 e. The third-order valence-electron chi connectivity index (χ3n) is 3.31. The average Bonchev–Trinajstić information content (AvgIpc) is 2.60. The molecule has 1 N–H and O–H groups in total. The minimum Gasteiger partial charge on any atom is -0.481 e. The van der Waals surface area contributed by atoms with Crippen molar-refractivity contribution in [1.82, 2.24) is 9.55 Å². The van der Waals surface area contributed by atoms with Crippen molar-refractivity contribution in [3.8, 4) is 0 Å². The Morgan fingerprint density at radius 3 is 2.81 bits per heavy atom. The molecule has 0 spiro atoms. The summed E-state index contributed by atoms with van der Waals surface area (Å²) in [6.45, 7) is 2.01. The van der Waals surface area contributed by atoms with Gasteiger partial charge in [-0.3, -0.25) is 4.79 Å². The van der Waals surface area contributed by atoms with Gasteiger partial charge in [0.2, 0.25) is 0 Å². The minimum atomic E-state index is -0.803. The van der Waals surface area contributed by atoms with Gasteiger partial charge < -0.3 is 9.67 Å². The molecule has 0 radical (unpaired) electrons. The maximum absolute atomic E-state index is 10.8. The summed E-state index contributed by atoms with van der Waals surface area (Å²) >= 11 is 0. The highest BCUT2D eigenvalue weighted by molar-refractivity contribution is 5.69. The molecule has 0 unspecified atom stereocenters. The van der Waals surface area contributed by atoms with Crippen LogP contribution in [0.1, 0.15) is 49.7 Å². The molecular formula is C12H18N2O2. The lowest BCUT2D eigenvalue weighted by molar-refractivity contribution is -0.136. The second-order valence-electron chi connectivity index (χ2n) is 4.55. The number of carboxylic acids is 1. The first-order valence-electron chi connectivity index (χ1n) is 5.93. The van der Waals surface area contributed by atoms with Crippen molar-refractivity contribution < 1.29 is 9.90 Å². The zero-order valence-corrected chi connectivity index (χ0v) is 9.65. The second-order valence-corrected chi connectivity index (χ2v) is 4.55. The van der Waals surface area contributed by atoms with E-state index in [9.17, 15) is 4.79 Å². The van der Waals surface area contributed by atoms with Crippen LogP contribution in [0.4, 0.5) is 0 Å². The molecule has 4 nitrogen and oxygen atoms in total. The fourth-order valence-electron chi connectivity index (χ4n) is 2.60. The first-order chi connectivity index (χ1) is 7.68. The van der Waals surface area contributed by atoms with Gasteiger partial charge in [-0.25, -0.2) is 4.98 Å². The SMILES string of the molecule is Cc1cnc(CC(=O)O)n1C1CCCCC1. The molecule has 2 rings (SSSR count). The van der Waals surface area contributed by atoms with Crippen LogP contribution in [0, 0.1) is 6.92 Å². The lowest BCUT2D eigenvalue weighted by atomic mass is 9.95. The predicted octanol–water partition coefficient (Wildman–Crippen LogP) is 2.32. The Kier molecular flexibility index (Phi) is 3.27. The van der Waals surface area contributed by atoms with Gasteiger partial charge in [-0.2, -0.15) is 0 Å². The molecular weight excluding hydrogens is 204 g/mol. The number of imidazole rings is 1. The monoisotopic (exact) mass is 222 g/mol. The highest BCUT2D eigenvalue weighted by Gasteiger charge is 2.20. The largest absolute Gasteiger partial charge is 0.481 e. The molecule has 1 saturated carbocycles. The summed E-state index contributed by atoms with van der Waals surface area (Å²) in [6, 6.07) is 0.464. The highest BCUT2D eigenvalue weighted by Crippen LogP contribution is 2.30. The van der Waals surface area contributed by atoms with Gasteiger partial charge in [0.1, 0.15) is 12.2 Å². The molecule has 0 bridgehead atoms. The number of hydrogen-bond donors (Lipinski definition) is 1. The van der Waals surface area contributed by atoms with Gasteiger partial charge in [-0.1, -0.05) is 19.3 Å². The lowest BCUT2D eigenvalue weighted by Gasteiger charge is -2.25. The molecule has 1 heterocycles. The first-order valence-corrected chi connectivity index (χ1v) is 5.93. The number of aliphatic carboxylic acids is 1. The van der Waals surface area contributed by atoms with Gasteiger partial charge in [0, 0.05) is 17.9 Å². The van der Waals surface area contributed by atoms with Crippen LogP contribution in [-0.2, 0) is 11.2 Å². The normalized spacial score (nSPS) is 17.6. The quantitative estimate of drug-likeness (QED) is 0.853. The van der Waals surface area contributed by atoms with Crippen LogP contribution >= 0.6 is 0 Å². The number of carboxylic acid groups (broad SMARTS) is 1. The summed E-state index contributed by atoms with van der Waals surface area (Å²) < 4.78 is 2.13. The molecule has 1 aromatic heterocycles. The number of aromatic nitrogens is 2. The van der Waals surface area contributed by atoms with Crippen LogP contribution in [0.15, 0.2) is 6.20 Å². The van der Waals surface area contributed by atoms with E-state index in [1.807, 2.05) is 6.92 Å². The van der Waals surface area contributed by atoms with Crippen molar-refractivity contribution in [2.45, 2.75) is 51.5 Å². The average molecular weight is 222 g/mol. The maximum atomic E-state index is 10.8. The van der Waals surface area contributed by atoms with Crippen molar-refractivity contribution in [1.29, 1.82) is 0 Å². The Labute approximate surface area is 95.3 Å².